The lowest BCUT2D eigenvalue weighted by Crippen LogP contribution is -2.43. The molecule has 0 unspecified atom stereocenters. The molecule has 6 heteroatoms. The lowest BCUT2D eigenvalue weighted by molar-refractivity contribution is -0.128. The highest BCUT2D eigenvalue weighted by atomic mass is 16.5. The van der Waals surface area contributed by atoms with E-state index in [1.165, 1.54) is 6.92 Å². The first kappa shape index (κ1) is 20.2. The molecule has 27 heavy (non-hydrogen) atoms. The highest BCUT2D eigenvalue weighted by Gasteiger charge is 2.19. The second-order valence-electron chi connectivity index (χ2n) is 5.95. The Morgan fingerprint density at radius 1 is 1.00 bits per heavy atom. The number of rotatable bonds is 9. The lowest BCUT2D eigenvalue weighted by Gasteiger charge is -2.16. The molecule has 0 radical (unpaired) electrons. The predicted octanol–water partition coefficient (Wildman–Crippen LogP) is 2.56. The number of esters is 1. The Balaban J connectivity index is 1.86. The van der Waals surface area contributed by atoms with Crippen molar-refractivity contribution < 1.29 is 23.9 Å². The molecule has 2 aromatic carbocycles. The Morgan fingerprint density at radius 3 is 2.26 bits per heavy atom. The van der Waals surface area contributed by atoms with E-state index in [1.807, 2.05) is 37.3 Å². The molecule has 0 fully saturated rings. The average molecular weight is 369 g/mol. The van der Waals surface area contributed by atoms with Crippen molar-refractivity contribution in [1.29, 1.82) is 0 Å². The molecule has 2 aromatic rings. The number of amides is 1. The van der Waals surface area contributed by atoms with Crippen molar-refractivity contribution in [3.8, 4) is 5.75 Å². The summed E-state index contributed by atoms with van der Waals surface area (Å²) in [7, 11) is 0. The zero-order valence-electron chi connectivity index (χ0n) is 15.4. The van der Waals surface area contributed by atoms with Crippen molar-refractivity contribution in [3.63, 3.8) is 0 Å². The fourth-order valence-corrected chi connectivity index (χ4v) is 2.45. The number of hydrogen-bond acceptors (Lipinski definition) is 5. The summed E-state index contributed by atoms with van der Waals surface area (Å²) in [5.74, 6) is -0.650. The van der Waals surface area contributed by atoms with Crippen LogP contribution in [0.5, 0.6) is 5.75 Å². The summed E-state index contributed by atoms with van der Waals surface area (Å²) in [5.41, 5.74) is 1.25. The maximum absolute atomic E-state index is 12.1. The normalized spacial score (nSPS) is 11.3. The molecule has 1 N–H and O–H groups in total. The summed E-state index contributed by atoms with van der Waals surface area (Å²) in [6.45, 7) is 3.36. The van der Waals surface area contributed by atoms with Crippen molar-refractivity contribution >= 4 is 17.7 Å². The van der Waals surface area contributed by atoms with Gasteiger partial charge in [0.1, 0.15) is 5.75 Å². The number of hydrogen-bond donors (Lipinski definition) is 1. The Kier molecular flexibility index (Phi) is 7.55. The van der Waals surface area contributed by atoms with Crippen molar-refractivity contribution in [3.05, 3.63) is 65.7 Å². The van der Waals surface area contributed by atoms with Gasteiger partial charge < -0.3 is 14.8 Å². The van der Waals surface area contributed by atoms with E-state index in [-0.39, 0.29) is 5.78 Å². The number of ketones is 1. The summed E-state index contributed by atoms with van der Waals surface area (Å²) < 4.78 is 10.3. The van der Waals surface area contributed by atoms with Gasteiger partial charge in [-0.25, -0.2) is 4.79 Å². The minimum absolute atomic E-state index is 0.162. The second kappa shape index (κ2) is 10.1. The molecule has 1 amide bonds. The van der Waals surface area contributed by atoms with E-state index < -0.39 is 24.5 Å². The highest BCUT2D eigenvalue weighted by molar-refractivity contribution is 5.92. The van der Waals surface area contributed by atoms with Crippen LogP contribution < -0.4 is 10.1 Å². The van der Waals surface area contributed by atoms with Gasteiger partial charge in [-0.3, -0.25) is 9.59 Å². The van der Waals surface area contributed by atoms with Crippen LogP contribution in [0.25, 0.3) is 0 Å². The second-order valence-corrected chi connectivity index (χ2v) is 5.95. The van der Waals surface area contributed by atoms with Crippen LogP contribution in [0.4, 0.5) is 0 Å². The predicted molar refractivity (Wildman–Crippen MR) is 101 cm³/mol. The third-order valence-electron chi connectivity index (χ3n) is 3.84. The third kappa shape index (κ3) is 6.58. The monoisotopic (exact) mass is 369 g/mol. The molecule has 0 spiro atoms. The maximum atomic E-state index is 12.1. The number of Topliss-reactive ketones (excluding diaryl/α,β-unsaturated/α-hetero) is 1. The minimum atomic E-state index is -0.663. The van der Waals surface area contributed by atoms with Crippen LogP contribution in [0.15, 0.2) is 54.6 Å². The Morgan fingerprint density at radius 2 is 1.67 bits per heavy atom. The first-order chi connectivity index (χ1) is 13.0. The van der Waals surface area contributed by atoms with Gasteiger partial charge in [0.25, 0.3) is 5.91 Å². The van der Waals surface area contributed by atoms with E-state index in [0.717, 1.165) is 5.56 Å². The van der Waals surface area contributed by atoms with Crippen LogP contribution >= 0.6 is 0 Å². The number of ether oxygens (including phenoxy) is 2. The van der Waals surface area contributed by atoms with Gasteiger partial charge in [-0.15, -0.1) is 0 Å². The van der Waals surface area contributed by atoms with E-state index in [2.05, 4.69) is 5.32 Å². The standard InChI is InChI=1S/C21H23NO5/c1-3-26-18-11-9-17(10-12-18)21(25)27-14-20(24)22-19(15(2)23)13-16-7-5-4-6-8-16/h4-12,19H,3,13-14H2,1-2H3,(H,22,24)/t19-/m1/s1. The van der Waals surface area contributed by atoms with Crippen LogP contribution in [0.3, 0.4) is 0 Å². The summed E-state index contributed by atoms with van der Waals surface area (Å²) >= 11 is 0. The molecule has 0 saturated carbocycles. The van der Waals surface area contributed by atoms with Crippen LogP contribution in [0.1, 0.15) is 29.8 Å². The lowest BCUT2D eigenvalue weighted by atomic mass is 10.0. The molecule has 1 atom stereocenters. The largest absolute Gasteiger partial charge is 0.494 e. The molecule has 6 nitrogen and oxygen atoms in total. The van der Waals surface area contributed by atoms with Crippen molar-refractivity contribution in [2.24, 2.45) is 0 Å². The molecular formula is C21H23NO5. The smallest absolute Gasteiger partial charge is 0.338 e. The van der Waals surface area contributed by atoms with Gasteiger partial charge >= 0.3 is 5.97 Å². The quantitative estimate of drug-likeness (QED) is 0.687. The zero-order chi connectivity index (χ0) is 19.6. The Labute approximate surface area is 158 Å². The summed E-state index contributed by atoms with van der Waals surface area (Å²) in [6, 6.07) is 15.2. The van der Waals surface area contributed by atoms with Gasteiger partial charge in [-0.05, 0) is 50.1 Å². The van der Waals surface area contributed by atoms with Crippen LogP contribution in [0.2, 0.25) is 0 Å². The molecule has 2 rings (SSSR count). The topological polar surface area (TPSA) is 81.7 Å². The Hall–Kier alpha value is -3.15. The van der Waals surface area contributed by atoms with Crippen LogP contribution in [0, 0.1) is 0 Å². The maximum Gasteiger partial charge on any atom is 0.338 e. The average Bonchev–Trinajstić information content (AvgIpc) is 2.67. The fraction of sp³-hybridized carbons (Fsp3) is 0.286. The molecule has 0 bridgehead atoms. The van der Waals surface area contributed by atoms with E-state index >= 15 is 0 Å². The van der Waals surface area contributed by atoms with Crippen molar-refractivity contribution in [2.45, 2.75) is 26.3 Å². The first-order valence-electron chi connectivity index (χ1n) is 8.73. The molecule has 0 aliphatic rings. The number of benzene rings is 2. The van der Waals surface area contributed by atoms with Crippen LogP contribution in [-0.2, 0) is 20.7 Å². The molecular weight excluding hydrogens is 346 g/mol. The summed E-state index contributed by atoms with van der Waals surface area (Å²) in [5, 5.41) is 2.61. The van der Waals surface area contributed by atoms with Gasteiger partial charge in [-0.2, -0.15) is 0 Å². The van der Waals surface area contributed by atoms with Gasteiger partial charge in [0.15, 0.2) is 12.4 Å². The molecule has 142 valence electrons. The van der Waals surface area contributed by atoms with Gasteiger partial charge in [-0.1, -0.05) is 30.3 Å². The van der Waals surface area contributed by atoms with Gasteiger partial charge in [0, 0.05) is 0 Å². The zero-order valence-corrected chi connectivity index (χ0v) is 15.4. The van der Waals surface area contributed by atoms with Crippen molar-refractivity contribution in [1.82, 2.24) is 5.32 Å². The van der Waals surface area contributed by atoms with E-state index in [0.29, 0.717) is 24.3 Å². The number of carbonyl (C=O) groups excluding carboxylic acids is 3. The first-order valence-corrected chi connectivity index (χ1v) is 8.73. The molecule has 0 aromatic heterocycles. The molecule has 0 heterocycles. The van der Waals surface area contributed by atoms with Crippen LogP contribution in [-0.4, -0.2) is 36.9 Å². The SMILES string of the molecule is CCOc1ccc(C(=O)OCC(=O)N[C@H](Cc2ccccc2)C(C)=O)cc1. The number of carbonyl (C=O) groups is 3. The van der Waals surface area contributed by atoms with E-state index in [4.69, 9.17) is 9.47 Å². The summed E-state index contributed by atoms with van der Waals surface area (Å²) in [6.07, 6.45) is 0.384. The Bertz CT molecular complexity index is 771. The third-order valence-corrected chi connectivity index (χ3v) is 3.84. The summed E-state index contributed by atoms with van der Waals surface area (Å²) in [4.78, 5) is 35.9. The van der Waals surface area contributed by atoms with Gasteiger partial charge in [0.05, 0.1) is 18.2 Å². The minimum Gasteiger partial charge on any atom is -0.494 e. The van der Waals surface area contributed by atoms with E-state index in [1.54, 1.807) is 24.3 Å². The van der Waals surface area contributed by atoms with Gasteiger partial charge in [0.2, 0.25) is 0 Å². The fourth-order valence-electron chi connectivity index (χ4n) is 2.45. The molecule has 0 saturated heterocycles. The molecule has 0 aliphatic heterocycles. The number of nitrogens with one attached hydrogen (secondary N) is 1. The molecule has 0 aliphatic carbocycles. The van der Waals surface area contributed by atoms with Crippen molar-refractivity contribution in [2.75, 3.05) is 13.2 Å². The van der Waals surface area contributed by atoms with E-state index in [9.17, 15) is 14.4 Å². The highest BCUT2D eigenvalue weighted by Crippen LogP contribution is 2.12.